The monoisotopic (exact) mass is 276 g/mol. The molecule has 2 atom stereocenters. The van der Waals surface area contributed by atoms with Crippen molar-refractivity contribution in [1.29, 1.82) is 0 Å². The summed E-state index contributed by atoms with van der Waals surface area (Å²) in [4.78, 5) is 23.6. The van der Waals surface area contributed by atoms with Crippen molar-refractivity contribution in [2.75, 3.05) is 14.1 Å². The molecule has 1 fully saturated rings. The standard InChI is InChI=1S/C14H17NO2.C2H7N/c1-3-14(11-7-5-4-6-8-11)10(2)9-12(16)15-13(14)17;1-3-2/h4-8,10H,3,9H2,1-2H3,(H,15,16,17);3H,1-2H3. The molecule has 2 N–H and O–H groups in total. The Kier molecular flexibility index (Phi) is 5.89. The van der Waals surface area contributed by atoms with Crippen LogP contribution in [0.1, 0.15) is 32.3 Å². The molecule has 2 amide bonds. The summed E-state index contributed by atoms with van der Waals surface area (Å²) in [6.45, 7) is 3.98. The van der Waals surface area contributed by atoms with Gasteiger partial charge in [0.25, 0.3) is 0 Å². The van der Waals surface area contributed by atoms with Gasteiger partial charge < -0.3 is 5.32 Å². The minimum absolute atomic E-state index is 0.0381. The summed E-state index contributed by atoms with van der Waals surface area (Å²) in [5.41, 5.74) is 0.440. The van der Waals surface area contributed by atoms with Crippen molar-refractivity contribution in [1.82, 2.24) is 10.6 Å². The van der Waals surface area contributed by atoms with E-state index in [4.69, 9.17) is 0 Å². The van der Waals surface area contributed by atoms with E-state index in [1.165, 1.54) is 0 Å². The van der Waals surface area contributed by atoms with Crippen LogP contribution in [0.25, 0.3) is 0 Å². The first-order valence-electron chi connectivity index (χ1n) is 7.01. The maximum absolute atomic E-state index is 12.2. The molecule has 1 heterocycles. The number of carbonyl (C=O) groups is 2. The molecule has 0 bridgehead atoms. The summed E-state index contributed by atoms with van der Waals surface area (Å²) in [6, 6.07) is 9.74. The number of imide groups is 1. The number of amides is 2. The van der Waals surface area contributed by atoms with E-state index in [1.807, 2.05) is 58.3 Å². The van der Waals surface area contributed by atoms with Crippen LogP contribution in [0.2, 0.25) is 0 Å². The smallest absolute Gasteiger partial charge is 0.237 e. The lowest BCUT2D eigenvalue weighted by Crippen LogP contribution is -2.55. The highest BCUT2D eigenvalue weighted by Crippen LogP contribution is 2.40. The van der Waals surface area contributed by atoms with E-state index in [2.05, 4.69) is 10.6 Å². The Hall–Kier alpha value is -1.68. The van der Waals surface area contributed by atoms with Crippen molar-refractivity contribution in [2.45, 2.75) is 32.1 Å². The highest BCUT2D eigenvalue weighted by Gasteiger charge is 2.47. The summed E-state index contributed by atoms with van der Waals surface area (Å²) in [5.74, 6) is -0.284. The topological polar surface area (TPSA) is 58.2 Å². The Balaban J connectivity index is 0.000000612. The molecule has 1 saturated heterocycles. The van der Waals surface area contributed by atoms with Gasteiger partial charge in [-0.3, -0.25) is 14.9 Å². The quantitative estimate of drug-likeness (QED) is 0.811. The molecular formula is C16H24N2O2. The predicted molar refractivity (Wildman–Crippen MR) is 80.3 cm³/mol. The van der Waals surface area contributed by atoms with E-state index in [9.17, 15) is 9.59 Å². The molecule has 110 valence electrons. The van der Waals surface area contributed by atoms with Gasteiger partial charge in [0, 0.05) is 6.42 Å². The third kappa shape index (κ3) is 3.07. The first kappa shape index (κ1) is 16.4. The van der Waals surface area contributed by atoms with Gasteiger partial charge in [-0.1, -0.05) is 44.2 Å². The molecule has 0 aliphatic carbocycles. The summed E-state index contributed by atoms with van der Waals surface area (Å²) in [7, 11) is 3.75. The van der Waals surface area contributed by atoms with Crippen LogP contribution in [0.3, 0.4) is 0 Å². The molecule has 1 aromatic rings. The first-order chi connectivity index (χ1) is 9.52. The molecule has 0 spiro atoms. The fraction of sp³-hybridized carbons (Fsp3) is 0.500. The van der Waals surface area contributed by atoms with Crippen molar-refractivity contribution in [3.8, 4) is 0 Å². The minimum atomic E-state index is -0.560. The van der Waals surface area contributed by atoms with Crippen molar-refractivity contribution in [2.24, 2.45) is 5.92 Å². The molecule has 20 heavy (non-hydrogen) atoms. The number of nitrogens with one attached hydrogen (secondary N) is 2. The second-order valence-electron chi connectivity index (χ2n) is 5.17. The van der Waals surface area contributed by atoms with Gasteiger partial charge in [0.05, 0.1) is 5.41 Å². The van der Waals surface area contributed by atoms with Crippen LogP contribution in [0.5, 0.6) is 0 Å². The fourth-order valence-electron chi connectivity index (χ4n) is 2.83. The molecule has 0 radical (unpaired) electrons. The highest BCUT2D eigenvalue weighted by molar-refractivity contribution is 6.03. The molecule has 0 aromatic heterocycles. The van der Waals surface area contributed by atoms with Gasteiger partial charge in [-0.05, 0) is 32.0 Å². The van der Waals surface area contributed by atoms with Crippen LogP contribution in [0.4, 0.5) is 0 Å². The third-order valence-electron chi connectivity index (χ3n) is 3.84. The Labute approximate surface area is 121 Å². The van der Waals surface area contributed by atoms with E-state index in [1.54, 1.807) is 0 Å². The number of hydrogen-bond donors (Lipinski definition) is 2. The zero-order chi connectivity index (χ0) is 15.2. The molecule has 1 aromatic carbocycles. The van der Waals surface area contributed by atoms with Crippen molar-refractivity contribution >= 4 is 11.8 Å². The Bertz CT molecular complexity index is 459. The molecule has 2 unspecified atom stereocenters. The lowest BCUT2D eigenvalue weighted by Gasteiger charge is -2.40. The Morgan fingerprint density at radius 2 is 1.80 bits per heavy atom. The molecule has 4 heteroatoms. The average molecular weight is 276 g/mol. The lowest BCUT2D eigenvalue weighted by molar-refractivity contribution is -0.140. The molecule has 1 aliphatic heterocycles. The van der Waals surface area contributed by atoms with Crippen LogP contribution in [-0.2, 0) is 15.0 Å². The Morgan fingerprint density at radius 3 is 2.25 bits per heavy atom. The van der Waals surface area contributed by atoms with Crippen LogP contribution >= 0.6 is 0 Å². The summed E-state index contributed by atoms with van der Waals surface area (Å²) >= 11 is 0. The lowest BCUT2D eigenvalue weighted by atomic mass is 9.65. The van der Waals surface area contributed by atoms with Crippen LogP contribution in [0.15, 0.2) is 30.3 Å². The molecule has 4 nitrogen and oxygen atoms in total. The van der Waals surface area contributed by atoms with E-state index >= 15 is 0 Å². The maximum atomic E-state index is 12.2. The summed E-state index contributed by atoms with van der Waals surface area (Å²) in [6.07, 6.45) is 1.12. The Morgan fingerprint density at radius 1 is 1.25 bits per heavy atom. The molecular weight excluding hydrogens is 252 g/mol. The molecule has 2 rings (SSSR count). The van der Waals surface area contributed by atoms with Crippen molar-refractivity contribution < 1.29 is 9.59 Å². The average Bonchev–Trinajstić information content (AvgIpc) is 2.41. The third-order valence-corrected chi connectivity index (χ3v) is 3.84. The molecule has 1 aliphatic rings. The van der Waals surface area contributed by atoms with Crippen molar-refractivity contribution in [3.05, 3.63) is 35.9 Å². The van der Waals surface area contributed by atoms with Gasteiger partial charge in [0.2, 0.25) is 11.8 Å². The zero-order valence-corrected chi connectivity index (χ0v) is 12.7. The number of hydrogen-bond acceptors (Lipinski definition) is 3. The van der Waals surface area contributed by atoms with E-state index in [-0.39, 0.29) is 17.7 Å². The number of benzene rings is 1. The first-order valence-corrected chi connectivity index (χ1v) is 7.01. The van der Waals surface area contributed by atoms with Gasteiger partial charge >= 0.3 is 0 Å². The highest BCUT2D eigenvalue weighted by atomic mass is 16.2. The van der Waals surface area contributed by atoms with E-state index < -0.39 is 5.41 Å². The second-order valence-corrected chi connectivity index (χ2v) is 5.17. The van der Waals surface area contributed by atoms with Crippen LogP contribution in [-0.4, -0.2) is 25.9 Å². The number of piperidine rings is 1. The van der Waals surface area contributed by atoms with Gasteiger partial charge in [-0.2, -0.15) is 0 Å². The summed E-state index contributed by atoms with van der Waals surface area (Å²) < 4.78 is 0. The fourth-order valence-corrected chi connectivity index (χ4v) is 2.83. The van der Waals surface area contributed by atoms with Crippen LogP contribution < -0.4 is 10.6 Å². The number of carbonyl (C=O) groups excluding carboxylic acids is 2. The number of rotatable bonds is 2. The largest absolute Gasteiger partial charge is 0.323 e. The summed E-state index contributed by atoms with van der Waals surface area (Å²) in [5, 5.41) is 5.22. The van der Waals surface area contributed by atoms with Crippen LogP contribution in [0, 0.1) is 5.92 Å². The normalized spacial score (nSPS) is 25.5. The maximum Gasteiger partial charge on any atom is 0.237 e. The van der Waals surface area contributed by atoms with Gasteiger partial charge in [-0.15, -0.1) is 0 Å². The van der Waals surface area contributed by atoms with E-state index in [0.29, 0.717) is 12.8 Å². The molecule has 0 saturated carbocycles. The second kappa shape index (κ2) is 7.20. The van der Waals surface area contributed by atoms with Gasteiger partial charge in [0.15, 0.2) is 0 Å². The van der Waals surface area contributed by atoms with E-state index in [0.717, 1.165) is 5.56 Å². The predicted octanol–water partition coefficient (Wildman–Crippen LogP) is 1.85. The zero-order valence-electron chi connectivity index (χ0n) is 12.7. The minimum Gasteiger partial charge on any atom is -0.323 e. The van der Waals surface area contributed by atoms with Gasteiger partial charge in [-0.25, -0.2) is 0 Å². The van der Waals surface area contributed by atoms with Crippen molar-refractivity contribution in [3.63, 3.8) is 0 Å². The van der Waals surface area contributed by atoms with Gasteiger partial charge in [0.1, 0.15) is 0 Å². The SMILES string of the molecule is CCC1(c2ccccc2)C(=O)NC(=O)CC1C.CNC.